The molecule has 2 heterocycles. The molecular formula is C16H16N4O2. The summed E-state index contributed by atoms with van der Waals surface area (Å²) >= 11 is 0. The molecule has 0 bridgehead atoms. The van der Waals surface area contributed by atoms with Crippen LogP contribution in [0.3, 0.4) is 0 Å². The van der Waals surface area contributed by atoms with Gasteiger partial charge >= 0.3 is 0 Å². The van der Waals surface area contributed by atoms with Crippen molar-refractivity contribution in [1.82, 2.24) is 9.99 Å². The Hall–Kier alpha value is -2.73. The Balaban J connectivity index is 2.00. The third kappa shape index (κ3) is 2.33. The third-order valence-electron chi connectivity index (χ3n) is 3.62. The van der Waals surface area contributed by atoms with Crippen LogP contribution in [0.25, 0.3) is 0 Å². The summed E-state index contributed by atoms with van der Waals surface area (Å²) in [6, 6.07) is 9.88. The van der Waals surface area contributed by atoms with Crippen molar-refractivity contribution < 1.29 is 9.90 Å². The van der Waals surface area contributed by atoms with E-state index in [9.17, 15) is 9.90 Å². The Labute approximate surface area is 127 Å². The van der Waals surface area contributed by atoms with Crippen LogP contribution in [0.2, 0.25) is 0 Å². The van der Waals surface area contributed by atoms with Crippen LogP contribution >= 0.6 is 0 Å². The highest BCUT2D eigenvalue weighted by Crippen LogP contribution is 2.36. The van der Waals surface area contributed by atoms with Crippen LogP contribution in [0.1, 0.15) is 29.3 Å². The standard InChI is InChI=1S/C16H16N4O2/c1-11-10-16(22,13-6-8-18-9-7-13)20(19-11)15(21)12-2-4-14(17)5-3-12/h2-9,22H,10,17H2,1H3. The molecule has 2 aromatic rings. The second-order valence-corrected chi connectivity index (χ2v) is 5.30. The molecule has 1 aromatic carbocycles. The Kier molecular flexibility index (Phi) is 3.38. The van der Waals surface area contributed by atoms with E-state index in [0.717, 1.165) is 5.01 Å². The highest BCUT2D eigenvalue weighted by Gasteiger charge is 2.45. The minimum absolute atomic E-state index is 0.262. The van der Waals surface area contributed by atoms with Gasteiger partial charge in [0.15, 0.2) is 5.72 Å². The van der Waals surface area contributed by atoms with Crippen LogP contribution in [0.4, 0.5) is 5.69 Å². The third-order valence-corrected chi connectivity index (χ3v) is 3.62. The fraction of sp³-hybridized carbons (Fsp3) is 0.188. The number of amides is 1. The first-order valence-electron chi connectivity index (χ1n) is 6.88. The predicted molar refractivity (Wildman–Crippen MR) is 82.9 cm³/mol. The van der Waals surface area contributed by atoms with Crippen LogP contribution in [0, 0.1) is 0 Å². The van der Waals surface area contributed by atoms with Gasteiger partial charge in [-0.15, -0.1) is 0 Å². The molecule has 6 nitrogen and oxygen atoms in total. The maximum atomic E-state index is 12.7. The molecule has 0 radical (unpaired) electrons. The van der Waals surface area contributed by atoms with Crippen molar-refractivity contribution in [3.05, 3.63) is 59.9 Å². The summed E-state index contributed by atoms with van der Waals surface area (Å²) in [7, 11) is 0. The van der Waals surface area contributed by atoms with Gasteiger partial charge in [-0.1, -0.05) is 0 Å². The van der Waals surface area contributed by atoms with Crippen molar-refractivity contribution in [2.24, 2.45) is 5.10 Å². The lowest BCUT2D eigenvalue weighted by Gasteiger charge is -2.31. The average Bonchev–Trinajstić information content (AvgIpc) is 2.84. The van der Waals surface area contributed by atoms with Crippen molar-refractivity contribution in [2.75, 3.05) is 5.73 Å². The second kappa shape index (κ2) is 5.23. The summed E-state index contributed by atoms with van der Waals surface area (Å²) in [5.74, 6) is -0.379. The number of hydrogen-bond acceptors (Lipinski definition) is 5. The van der Waals surface area contributed by atoms with Gasteiger partial charge in [0.2, 0.25) is 0 Å². The number of carbonyl (C=O) groups is 1. The lowest BCUT2D eigenvalue weighted by molar-refractivity contribution is -0.0765. The van der Waals surface area contributed by atoms with E-state index in [1.807, 2.05) is 0 Å². The molecule has 1 atom stereocenters. The summed E-state index contributed by atoms with van der Waals surface area (Å²) < 4.78 is 0. The Bertz CT molecular complexity index is 728. The van der Waals surface area contributed by atoms with Gasteiger partial charge in [-0.05, 0) is 43.3 Å². The van der Waals surface area contributed by atoms with E-state index in [0.29, 0.717) is 22.5 Å². The average molecular weight is 296 g/mol. The van der Waals surface area contributed by atoms with Gasteiger partial charge in [0.1, 0.15) is 0 Å². The summed E-state index contributed by atoms with van der Waals surface area (Å²) in [6.07, 6.45) is 3.41. The first kappa shape index (κ1) is 14.2. The number of benzene rings is 1. The molecule has 1 aromatic heterocycles. The van der Waals surface area contributed by atoms with E-state index in [2.05, 4.69) is 10.1 Å². The fourth-order valence-corrected chi connectivity index (χ4v) is 2.52. The molecule has 0 saturated heterocycles. The molecule has 1 amide bonds. The smallest absolute Gasteiger partial charge is 0.276 e. The van der Waals surface area contributed by atoms with Crippen LogP contribution in [0.5, 0.6) is 0 Å². The minimum Gasteiger partial charge on any atom is -0.399 e. The second-order valence-electron chi connectivity index (χ2n) is 5.30. The maximum Gasteiger partial charge on any atom is 0.276 e. The first-order valence-corrected chi connectivity index (χ1v) is 6.88. The largest absolute Gasteiger partial charge is 0.399 e. The quantitative estimate of drug-likeness (QED) is 0.826. The molecule has 0 aliphatic carbocycles. The van der Waals surface area contributed by atoms with Gasteiger partial charge in [-0.3, -0.25) is 9.78 Å². The number of nitrogens with zero attached hydrogens (tertiary/aromatic N) is 3. The van der Waals surface area contributed by atoms with E-state index < -0.39 is 5.72 Å². The Morgan fingerprint density at radius 1 is 1.23 bits per heavy atom. The number of aromatic nitrogens is 1. The topological polar surface area (TPSA) is 91.8 Å². The lowest BCUT2D eigenvalue weighted by atomic mass is 9.98. The van der Waals surface area contributed by atoms with Crippen molar-refractivity contribution >= 4 is 17.3 Å². The number of aliphatic hydroxyl groups is 1. The van der Waals surface area contributed by atoms with Crippen LogP contribution in [-0.4, -0.2) is 26.7 Å². The van der Waals surface area contributed by atoms with E-state index in [4.69, 9.17) is 5.73 Å². The number of hydrazone groups is 1. The van der Waals surface area contributed by atoms with Crippen LogP contribution in [-0.2, 0) is 5.72 Å². The molecule has 1 aliphatic rings. The lowest BCUT2D eigenvalue weighted by Crippen LogP contribution is -2.43. The summed E-state index contributed by atoms with van der Waals surface area (Å²) in [4.78, 5) is 16.6. The van der Waals surface area contributed by atoms with Crippen LogP contribution < -0.4 is 5.73 Å². The first-order chi connectivity index (χ1) is 10.5. The minimum atomic E-state index is -1.49. The van der Waals surface area contributed by atoms with Gasteiger partial charge in [-0.2, -0.15) is 10.1 Å². The monoisotopic (exact) mass is 296 g/mol. The molecule has 0 fully saturated rings. The molecule has 6 heteroatoms. The van der Waals surface area contributed by atoms with Crippen molar-refractivity contribution in [1.29, 1.82) is 0 Å². The number of carbonyl (C=O) groups excluding carboxylic acids is 1. The molecule has 3 N–H and O–H groups in total. The van der Waals surface area contributed by atoms with Crippen LogP contribution in [0.15, 0.2) is 53.9 Å². The molecule has 22 heavy (non-hydrogen) atoms. The van der Waals surface area contributed by atoms with E-state index in [1.165, 1.54) is 0 Å². The maximum absolute atomic E-state index is 12.7. The SMILES string of the molecule is CC1=NN(C(=O)c2ccc(N)cc2)C(O)(c2ccncc2)C1. The number of nitrogen functional groups attached to an aromatic ring is 1. The van der Waals surface area contributed by atoms with Gasteiger partial charge in [-0.25, -0.2) is 0 Å². The number of anilines is 1. The van der Waals surface area contributed by atoms with Gasteiger partial charge in [0.25, 0.3) is 5.91 Å². The van der Waals surface area contributed by atoms with Gasteiger partial charge < -0.3 is 10.8 Å². The molecule has 0 spiro atoms. The van der Waals surface area contributed by atoms with E-state index in [-0.39, 0.29) is 12.3 Å². The summed E-state index contributed by atoms with van der Waals surface area (Å²) in [6.45, 7) is 1.78. The van der Waals surface area contributed by atoms with E-state index >= 15 is 0 Å². The predicted octanol–water partition coefficient (Wildman–Crippen LogP) is 1.73. The molecule has 1 aliphatic heterocycles. The number of nitrogens with two attached hydrogens (primary N) is 1. The zero-order valence-corrected chi connectivity index (χ0v) is 12.1. The molecule has 0 saturated carbocycles. The Morgan fingerprint density at radius 3 is 2.50 bits per heavy atom. The van der Waals surface area contributed by atoms with Gasteiger partial charge in [0, 0.05) is 41.3 Å². The van der Waals surface area contributed by atoms with Crippen molar-refractivity contribution in [3.63, 3.8) is 0 Å². The number of pyridine rings is 1. The van der Waals surface area contributed by atoms with Crippen molar-refractivity contribution in [3.8, 4) is 0 Å². The van der Waals surface area contributed by atoms with E-state index in [1.54, 1.807) is 55.7 Å². The molecule has 3 rings (SSSR count). The molecule has 112 valence electrons. The molecule has 1 unspecified atom stereocenters. The number of hydrogen-bond donors (Lipinski definition) is 2. The zero-order valence-electron chi connectivity index (χ0n) is 12.1. The van der Waals surface area contributed by atoms with Crippen molar-refractivity contribution in [2.45, 2.75) is 19.1 Å². The Morgan fingerprint density at radius 2 is 1.86 bits per heavy atom. The van der Waals surface area contributed by atoms with Gasteiger partial charge in [0.05, 0.1) is 0 Å². The molecular weight excluding hydrogens is 280 g/mol. The zero-order chi connectivity index (χ0) is 15.7. The number of rotatable bonds is 2. The normalized spacial score (nSPS) is 20.8. The highest BCUT2D eigenvalue weighted by atomic mass is 16.3. The summed E-state index contributed by atoms with van der Waals surface area (Å²) in [5.41, 5.74) is 6.39. The fourth-order valence-electron chi connectivity index (χ4n) is 2.52. The highest BCUT2D eigenvalue weighted by molar-refractivity contribution is 5.98. The summed E-state index contributed by atoms with van der Waals surface area (Å²) in [5, 5.41) is 16.4.